The van der Waals surface area contributed by atoms with Gasteiger partial charge in [-0.15, -0.1) is 0 Å². The second-order valence-corrected chi connectivity index (χ2v) is 5.50. The molecule has 0 aliphatic carbocycles. The lowest BCUT2D eigenvalue weighted by Crippen LogP contribution is -2.51. The first-order valence-corrected chi connectivity index (χ1v) is 6.63. The van der Waals surface area contributed by atoms with Crippen LogP contribution in [0.4, 0.5) is 0 Å². The summed E-state index contributed by atoms with van der Waals surface area (Å²) < 4.78 is 27.5. The van der Waals surface area contributed by atoms with Crippen LogP contribution in [0, 0.1) is 0 Å². The van der Waals surface area contributed by atoms with Crippen LogP contribution < -0.4 is 10.5 Å². The van der Waals surface area contributed by atoms with Crippen LogP contribution in [0.15, 0.2) is 0 Å². The van der Waals surface area contributed by atoms with Crippen LogP contribution in [-0.2, 0) is 10.2 Å². The van der Waals surface area contributed by atoms with Crippen molar-refractivity contribution < 1.29 is 8.42 Å². The Morgan fingerprint density at radius 3 is 2.40 bits per heavy atom. The smallest absolute Gasteiger partial charge is 0.279 e. The largest absolute Gasteiger partial charge is 0.330 e. The molecule has 1 heterocycles. The molecule has 15 heavy (non-hydrogen) atoms. The molecule has 3 N–H and O–H groups in total. The van der Waals surface area contributed by atoms with Crippen molar-refractivity contribution in [2.24, 2.45) is 5.73 Å². The van der Waals surface area contributed by atoms with Crippen LogP contribution in [-0.4, -0.2) is 63.9 Å². The van der Waals surface area contributed by atoms with Gasteiger partial charge >= 0.3 is 0 Å². The molecule has 0 aromatic heterocycles. The van der Waals surface area contributed by atoms with Gasteiger partial charge in [-0.2, -0.15) is 12.7 Å². The van der Waals surface area contributed by atoms with Crippen LogP contribution in [0.3, 0.4) is 0 Å². The van der Waals surface area contributed by atoms with Crippen molar-refractivity contribution in [1.82, 2.24) is 13.9 Å². The van der Waals surface area contributed by atoms with Gasteiger partial charge in [0.25, 0.3) is 10.2 Å². The van der Waals surface area contributed by atoms with Crippen molar-refractivity contribution in [2.45, 2.75) is 6.42 Å². The first-order chi connectivity index (χ1) is 7.06. The lowest BCUT2D eigenvalue weighted by Gasteiger charge is -2.31. The average molecular weight is 236 g/mol. The first-order valence-electron chi connectivity index (χ1n) is 5.19. The van der Waals surface area contributed by atoms with Gasteiger partial charge in [0.1, 0.15) is 0 Å². The monoisotopic (exact) mass is 236 g/mol. The molecule has 1 fully saturated rings. The number of nitrogens with one attached hydrogen (secondary N) is 1. The van der Waals surface area contributed by atoms with E-state index in [0.717, 1.165) is 13.1 Å². The zero-order chi connectivity index (χ0) is 11.3. The number of hydrogen-bond acceptors (Lipinski definition) is 4. The quantitative estimate of drug-likeness (QED) is 0.565. The minimum Gasteiger partial charge on any atom is -0.330 e. The Hall–Kier alpha value is -0.210. The first kappa shape index (κ1) is 12.9. The summed E-state index contributed by atoms with van der Waals surface area (Å²) in [6, 6.07) is 0. The fraction of sp³-hybridized carbons (Fsp3) is 1.00. The molecule has 0 bridgehead atoms. The summed E-state index contributed by atoms with van der Waals surface area (Å²) in [6.45, 7) is 3.63. The predicted molar refractivity (Wildman–Crippen MR) is 59.7 cm³/mol. The summed E-state index contributed by atoms with van der Waals surface area (Å²) in [5.41, 5.74) is 5.30. The molecule has 0 saturated carbocycles. The molecule has 1 rings (SSSR count). The SMILES string of the molecule is CN1CCN(S(=O)(=O)NCCCN)CC1. The van der Waals surface area contributed by atoms with E-state index in [2.05, 4.69) is 9.62 Å². The summed E-state index contributed by atoms with van der Waals surface area (Å²) in [6.07, 6.45) is 0.674. The molecule has 0 aromatic rings. The fourth-order valence-corrected chi connectivity index (χ4v) is 2.65. The summed E-state index contributed by atoms with van der Waals surface area (Å²) >= 11 is 0. The van der Waals surface area contributed by atoms with E-state index in [1.54, 1.807) is 0 Å². The maximum atomic E-state index is 11.7. The third kappa shape index (κ3) is 4.04. The number of piperazine rings is 1. The number of rotatable bonds is 5. The number of likely N-dealkylation sites (N-methyl/N-ethyl adjacent to an activating group) is 1. The lowest BCUT2D eigenvalue weighted by atomic mass is 10.4. The third-order valence-corrected chi connectivity index (χ3v) is 4.08. The van der Waals surface area contributed by atoms with Crippen molar-refractivity contribution in [1.29, 1.82) is 0 Å². The van der Waals surface area contributed by atoms with E-state index in [1.807, 2.05) is 7.05 Å². The van der Waals surface area contributed by atoms with E-state index >= 15 is 0 Å². The lowest BCUT2D eigenvalue weighted by molar-refractivity contribution is 0.221. The van der Waals surface area contributed by atoms with Crippen molar-refractivity contribution in [3.8, 4) is 0 Å². The minimum atomic E-state index is -3.28. The molecule has 1 saturated heterocycles. The van der Waals surface area contributed by atoms with Crippen LogP contribution >= 0.6 is 0 Å². The molecule has 90 valence electrons. The molecule has 0 unspecified atom stereocenters. The van der Waals surface area contributed by atoms with Crippen LogP contribution in [0.2, 0.25) is 0 Å². The Kier molecular flexibility index (Phi) is 4.94. The molecule has 0 amide bonds. The second-order valence-electron chi connectivity index (χ2n) is 3.74. The molecule has 0 aromatic carbocycles. The van der Waals surface area contributed by atoms with Crippen LogP contribution in [0.1, 0.15) is 6.42 Å². The standard InChI is InChI=1S/C8H20N4O2S/c1-11-5-7-12(8-6-11)15(13,14)10-4-2-3-9/h10H,2-9H2,1H3. The van der Waals surface area contributed by atoms with Crippen molar-refractivity contribution in [3.63, 3.8) is 0 Å². The van der Waals surface area contributed by atoms with Gasteiger partial charge in [0, 0.05) is 32.7 Å². The van der Waals surface area contributed by atoms with E-state index in [0.29, 0.717) is 32.6 Å². The van der Waals surface area contributed by atoms with Gasteiger partial charge in [-0.25, -0.2) is 4.72 Å². The van der Waals surface area contributed by atoms with Gasteiger partial charge < -0.3 is 10.6 Å². The molecular formula is C8H20N4O2S. The number of nitrogens with two attached hydrogens (primary N) is 1. The highest BCUT2D eigenvalue weighted by molar-refractivity contribution is 7.87. The van der Waals surface area contributed by atoms with E-state index < -0.39 is 10.2 Å². The Morgan fingerprint density at radius 2 is 1.87 bits per heavy atom. The van der Waals surface area contributed by atoms with Gasteiger partial charge in [0.05, 0.1) is 0 Å². The molecule has 0 atom stereocenters. The predicted octanol–water partition coefficient (Wildman–Crippen LogP) is -1.58. The highest BCUT2D eigenvalue weighted by Crippen LogP contribution is 2.03. The highest BCUT2D eigenvalue weighted by Gasteiger charge is 2.24. The van der Waals surface area contributed by atoms with Gasteiger partial charge in [0.2, 0.25) is 0 Å². The van der Waals surface area contributed by atoms with Crippen LogP contribution in [0.5, 0.6) is 0 Å². The molecule has 7 heteroatoms. The van der Waals surface area contributed by atoms with Gasteiger partial charge in [0.15, 0.2) is 0 Å². The Morgan fingerprint density at radius 1 is 1.27 bits per heavy atom. The Labute approximate surface area is 91.6 Å². The van der Waals surface area contributed by atoms with Crippen LogP contribution in [0.25, 0.3) is 0 Å². The van der Waals surface area contributed by atoms with E-state index in [9.17, 15) is 8.42 Å². The van der Waals surface area contributed by atoms with Crippen molar-refractivity contribution in [3.05, 3.63) is 0 Å². The zero-order valence-corrected chi connectivity index (χ0v) is 9.96. The maximum absolute atomic E-state index is 11.7. The number of nitrogens with zero attached hydrogens (tertiary/aromatic N) is 2. The van der Waals surface area contributed by atoms with E-state index in [1.165, 1.54) is 4.31 Å². The van der Waals surface area contributed by atoms with Gasteiger partial charge in [-0.05, 0) is 20.0 Å². The maximum Gasteiger partial charge on any atom is 0.279 e. The summed E-state index contributed by atoms with van der Waals surface area (Å²) in [5, 5.41) is 0. The topological polar surface area (TPSA) is 78.7 Å². The van der Waals surface area contributed by atoms with Crippen molar-refractivity contribution >= 4 is 10.2 Å². The summed E-state index contributed by atoms with van der Waals surface area (Å²) in [4.78, 5) is 2.12. The average Bonchev–Trinajstić information content (AvgIpc) is 2.18. The van der Waals surface area contributed by atoms with Crippen molar-refractivity contribution in [2.75, 3.05) is 46.3 Å². The highest BCUT2D eigenvalue weighted by atomic mass is 32.2. The molecular weight excluding hydrogens is 216 g/mol. The third-order valence-electron chi connectivity index (χ3n) is 2.47. The van der Waals surface area contributed by atoms with Gasteiger partial charge in [-0.3, -0.25) is 0 Å². The summed E-state index contributed by atoms with van der Waals surface area (Å²) in [7, 11) is -1.29. The molecule has 1 aliphatic rings. The fourth-order valence-electron chi connectivity index (χ4n) is 1.42. The molecule has 6 nitrogen and oxygen atoms in total. The Balaban J connectivity index is 2.40. The zero-order valence-electron chi connectivity index (χ0n) is 9.15. The van der Waals surface area contributed by atoms with E-state index in [4.69, 9.17) is 5.73 Å². The summed E-state index contributed by atoms with van der Waals surface area (Å²) in [5.74, 6) is 0. The minimum absolute atomic E-state index is 0.422. The van der Waals surface area contributed by atoms with E-state index in [-0.39, 0.29) is 0 Å². The normalized spacial score (nSPS) is 20.7. The second kappa shape index (κ2) is 5.76. The van der Waals surface area contributed by atoms with Gasteiger partial charge in [-0.1, -0.05) is 0 Å². The number of hydrogen-bond donors (Lipinski definition) is 2. The molecule has 1 aliphatic heterocycles. The molecule has 0 spiro atoms. The Bertz CT molecular complexity index is 272. The molecule has 0 radical (unpaired) electrons.